The van der Waals surface area contributed by atoms with Crippen LogP contribution in [-0.4, -0.2) is 71.6 Å². The molecule has 2 N–H and O–H groups in total. The van der Waals surface area contributed by atoms with Gasteiger partial charge in [0.1, 0.15) is 11.5 Å². The summed E-state index contributed by atoms with van der Waals surface area (Å²) in [7, 11) is 1.29. The first-order valence-electron chi connectivity index (χ1n) is 6.55. The number of ether oxygens (including phenoxy) is 2. The fourth-order valence-electron chi connectivity index (χ4n) is 3.45. The SMILES string of the molecule is COC(=O)[C@H]1[C@H]2C(=O)N(C[C@H](O)CO)C[C@@]23C=C[C@H]1O3. The van der Waals surface area contributed by atoms with E-state index in [1.54, 1.807) is 6.08 Å². The molecule has 0 saturated carbocycles. The van der Waals surface area contributed by atoms with Crippen molar-refractivity contribution in [3.63, 3.8) is 0 Å². The van der Waals surface area contributed by atoms with Crippen LogP contribution >= 0.6 is 0 Å². The zero-order chi connectivity index (χ0) is 14.5. The molecule has 1 spiro atoms. The maximum atomic E-state index is 12.5. The number of fused-ring (bicyclic) bond motifs is 1. The Kier molecular flexibility index (Phi) is 3.07. The van der Waals surface area contributed by atoms with E-state index in [9.17, 15) is 14.7 Å². The average molecular weight is 283 g/mol. The minimum absolute atomic E-state index is 0.0311. The quantitative estimate of drug-likeness (QED) is 0.471. The summed E-state index contributed by atoms with van der Waals surface area (Å²) >= 11 is 0. The normalized spacial score (nSPS) is 39.2. The molecule has 0 aliphatic carbocycles. The molecule has 7 nitrogen and oxygen atoms in total. The monoisotopic (exact) mass is 283 g/mol. The van der Waals surface area contributed by atoms with Gasteiger partial charge in [-0.2, -0.15) is 0 Å². The molecule has 3 aliphatic rings. The molecule has 0 aromatic heterocycles. The first kappa shape index (κ1) is 13.5. The third-order valence-electron chi connectivity index (χ3n) is 4.29. The molecule has 5 atom stereocenters. The molecule has 2 bridgehead atoms. The van der Waals surface area contributed by atoms with Crippen molar-refractivity contribution in [2.24, 2.45) is 11.8 Å². The Balaban J connectivity index is 1.86. The highest BCUT2D eigenvalue weighted by Crippen LogP contribution is 2.52. The molecule has 20 heavy (non-hydrogen) atoms. The van der Waals surface area contributed by atoms with Crippen LogP contribution < -0.4 is 0 Å². The summed E-state index contributed by atoms with van der Waals surface area (Å²) in [5, 5.41) is 18.4. The van der Waals surface area contributed by atoms with Gasteiger partial charge in [0.2, 0.25) is 5.91 Å². The summed E-state index contributed by atoms with van der Waals surface area (Å²) in [6.45, 7) is -0.0986. The number of β-amino-alcohol motifs (C(OH)–C–C–N with tert-alkyl or cyclic N) is 1. The summed E-state index contributed by atoms with van der Waals surface area (Å²) in [4.78, 5) is 25.8. The van der Waals surface area contributed by atoms with E-state index < -0.39 is 42.2 Å². The molecule has 3 aliphatic heterocycles. The van der Waals surface area contributed by atoms with Gasteiger partial charge in [0.25, 0.3) is 0 Å². The first-order valence-corrected chi connectivity index (χ1v) is 6.55. The van der Waals surface area contributed by atoms with Gasteiger partial charge in [0, 0.05) is 6.54 Å². The van der Waals surface area contributed by atoms with Crippen LogP contribution in [0.5, 0.6) is 0 Å². The Hall–Kier alpha value is -1.44. The first-order chi connectivity index (χ1) is 9.52. The Morgan fingerprint density at radius 2 is 2.45 bits per heavy atom. The van der Waals surface area contributed by atoms with Gasteiger partial charge in [-0.1, -0.05) is 12.2 Å². The van der Waals surface area contributed by atoms with Crippen molar-refractivity contribution in [2.75, 3.05) is 26.8 Å². The molecule has 0 radical (unpaired) electrons. The van der Waals surface area contributed by atoms with E-state index in [1.807, 2.05) is 6.08 Å². The number of carbonyl (C=O) groups is 2. The Morgan fingerprint density at radius 3 is 3.10 bits per heavy atom. The van der Waals surface area contributed by atoms with Gasteiger partial charge < -0.3 is 24.6 Å². The number of carbonyl (C=O) groups excluding carboxylic acids is 2. The summed E-state index contributed by atoms with van der Waals surface area (Å²) in [5.41, 5.74) is -0.796. The molecular weight excluding hydrogens is 266 g/mol. The van der Waals surface area contributed by atoms with E-state index in [0.717, 1.165) is 0 Å². The Labute approximate surface area is 115 Å². The van der Waals surface area contributed by atoms with Gasteiger partial charge >= 0.3 is 5.97 Å². The van der Waals surface area contributed by atoms with Gasteiger partial charge in [0.05, 0.1) is 38.4 Å². The van der Waals surface area contributed by atoms with Crippen molar-refractivity contribution in [3.05, 3.63) is 12.2 Å². The average Bonchev–Trinajstić information content (AvgIpc) is 3.07. The second kappa shape index (κ2) is 4.54. The van der Waals surface area contributed by atoms with E-state index in [2.05, 4.69) is 0 Å². The Bertz CT molecular complexity index is 477. The standard InChI is InChI=1S/C13H17NO6/c1-19-12(18)9-8-2-3-13(20-8)6-14(4-7(16)5-15)11(17)10(9)13/h2-3,7-10,15-16H,4-6H2,1H3/t7-,8+,9+,10-,13-/m0/s1. The maximum absolute atomic E-state index is 12.5. The van der Waals surface area contributed by atoms with Crippen LogP contribution in [0.15, 0.2) is 12.2 Å². The highest BCUT2D eigenvalue weighted by Gasteiger charge is 2.67. The van der Waals surface area contributed by atoms with Crippen LogP contribution in [0.1, 0.15) is 0 Å². The molecule has 2 fully saturated rings. The Morgan fingerprint density at radius 1 is 1.70 bits per heavy atom. The molecule has 3 heterocycles. The van der Waals surface area contributed by atoms with Crippen LogP contribution in [0.25, 0.3) is 0 Å². The molecule has 110 valence electrons. The van der Waals surface area contributed by atoms with Crippen molar-refractivity contribution in [1.29, 1.82) is 0 Å². The highest BCUT2D eigenvalue weighted by atomic mass is 16.5. The number of amides is 1. The predicted octanol–water partition coefficient (Wildman–Crippen LogP) is -1.71. The van der Waals surface area contributed by atoms with Crippen LogP contribution in [0, 0.1) is 11.8 Å². The number of methoxy groups -OCH3 is 1. The van der Waals surface area contributed by atoms with Gasteiger partial charge in [-0.15, -0.1) is 0 Å². The van der Waals surface area contributed by atoms with Gasteiger partial charge in [-0.05, 0) is 0 Å². The zero-order valence-electron chi connectivity index (χ0n) is 11.1. The van der Waals surface area contributed by atoms with Crippen LogP contribution in [-0.2, 0) is 19.1 Å². The number of esters is 1. The number of likely N-dealkylation sites (tertiary alicyclic amines) is 1. The third-order valence-corrected chi connectivity index (χ3v) is 4.29. The minimum Gasteiger partial charge on any atom is -0.469 e. The molecule has 0 aromatic carbocycles. The third kappa shape index (κ3) is 1.70. The fourth-order valence-corrected chi connectivity index (χ4v) is 3.45. The summed E-state index contributed by atoms with van der Waals surface area (Å²) in [5.74, 6) is -1.92. The smallest absolute Gasteiger partial charge is 0.312 e. The number of hydrogen-bond acceptors (Lipinski definition) is 6. The second-order valence-electron chi connectivity index (χ2n) is 5.48. The molecule has 3 rings (SSSR count). The summed E-state index contributed by atoms with van der Waals surface area (Å²) in [6, 6.07) is 0. The number of nitrogens with zero attached hydrogens (tertiary/aromatic N) is 1. The molecule has 7 heteroatoms. The largest absolute Gasteiger partial charge is 0.469 e. The number of rotatable bonds is 4. The summed E-state index contributed by atoms with van der Waals surface area (Å²) in [6.07, 6.45) is 2.20. The lowest BCUT2D eigenvalue weighted by molar-refractivity contribution is -0.151. The van der Waals surface area contributed by atoms with Crippen LogP contribution in [0.4, 0.5) is 0 Å². The summed E-state index contributed by atoms with van der Waals surface area (Å²) < 4.78 is 10.6. The molecule has 0 aromatic rings. The fraction of sp³-hybridized carbons (Fsp3) is 0.692. The second-order valence-corrected chi connectivity index (χ2v) is 5.48. The minimum atomic E-state index is -0.994. The zero-order valence-corrected chi connectivity index (χ0v) is 11.1. The number of aliphatic hydroxyl groups excluding tert-OH is 2. The van der Waals surface area contributed by atoms with Crippen molar-refractivity contribution >= 4 is 11.9 Å². The predicted molar refractivity (Wildman–Crippen MR) is 65.4 cm³/mol. The van der Waals surface area contributed by atoms with E-state index in [0.29, 0.717) is 0 Å². The number of hydrogen-bond donors (Lipinski definition) is 2. The molecular formula is C13H17NO6. The van der Waals surface area contributed by atoms with Crippen molar-refractivity contribution in [1.82, 2.24) is 4.90 Å². The lowest BCUT2D eigenvalue weighted by Crippen LogP contribution is -2.40. The van der Waals surface area contributed by atoms with Gasteiger partial charge in [0.15, 0.2) is 0 Å². The van der Waals surface area contributed by atoms with E-state index in [1.165, 1.54) is 12.0 Å². The lowest BCUT2D eigenvalue weighted by Gasteiger charge is -2.22. The van der Waals surface area contributed by atoms with Crippen molar-refractivity contribution in [2.45, 2.75) is 17.8 Å². The van der Waals surface area contributed by atoms with Crippen LogP contribution in [0.3, 0.4) is 0 Å². The van der Waals surface area contributed by atoms with E-state index >= 15 is 0 Å². The van der Waals surface area contributed by atoms with Crippen LogP contribution in [0.2, 0.25) is 0 Å². The topological polar surface area (TPSA) is 96.3 Å². The van der Waals surface area contributed by atoms with E-state index in [4.69, 9.17) is 14.6 Å². The molecule has 0 unspecified atom stereocenters. The molecule has 1 amide bonds. The molecule has 2 saturated heterocycles. The van der Waals surface area contributed by atoms with E-state index in [-0.39, 0.29) is 19.0 Å². The highest BCUT2D eigenvalue weighted by molar-refractivity contribution is 5.91. The van der Waals surface area contributed by atoms with Gasteiger partial charge in [-0.3, -0.25) is 9.59 Å². The number of aliphatic hydroxyl groups is 2. The van der Waals surface area contributed by atoms with Crippen molar-refractivity contribution < 1.29 is 29.3 Å². The lowest BCUT2D eigenvalue weighted by atomic mass is 9.77. The van der Waals surface area contributed by atoms with Crippen molar-refractivity contribution in [3.8, 4) is 0 Å². The maximum Gasteiger partial charge on any atom is 0.312 e. The van der Waals surface area contributed by atoms with Gasteiger partial charge in [-0.25, -0.2) is 0 Å².